The van der Waals surface area contributed by atoms with Crippen molar-refractivity contribution in [2.75, 3.05) is 5.32 Å². The SMILES string of the molecule is CC(=O)c1ccc(NC(=O)[C@@H](C)N[C@H](c2ccc(C)cc2)c2cccs2)cc1. The summed E-state index contributed by atoms with van der Waals surface area (Å²) in [7, 11) is 0. The van der Waals surface area contributed by atoms with Crippen molar-refractivity contribution in [3.8, 4) is 0 Å². The third-order valence-corrected chi connectivity index (χ3v) is 5.54. The third kappa shape index (κ3) is 4.94. The maximum atomic E-state index is 12.7. The summed E-state index contributed by atoms with van der Waals surface area (Å²) >= 11 is 1.67. The summed E-state index contributed by atoms with van der Waals surface area (Å²) in [4.78, 5) is 25.2. The molecule has 0 saturated carbocycles. The van der Waals surface area contributed by atoms with Crippen LogP contribution in [0.4, 0.5) is 5.69 Å². The number of ketones is 1. The summed E-state index contributed by atoms with van der Waals surface area (Å²) in [5, 5.41) is 8.40. The summed E-state index contributed by atoms with van der Waals surface area (Å²) in [5.74, 6) is -0.117. The Kier molecular flexibility index (Phi) is 6.39. The fraction of sp³-hybridized carbons (Fsp3) is 0.217. The minimum absolute atomic E-state index is 0.00444. The van der Waals surface area contributed by atoms with Crippen molar-refractivity contribution in [1.29, 1.82) is 0 Å². The van der Waals surface area contributed by atoms with Crippen molar-refractivity contribution in [2.45, 2.75) is 32.9 Å². The molecule has 1 aromatic heterocycles. The molecule has 1 heterocycles. The zero-order valence-corrected chi connectivity index (χ0v) is 17.0. The lowest BCUT2D eigenvalue weighted by atomic mass is 10.0. The second-order valence-electron chi connectivity index (χ2n) is 6.87. The third-order valence-electron chi connectivity index (χ3n) is 4.61. The number of hydrogen-bond donors (Lipinski definition) is 2. The Balaban J connectivity index is 1.72. The Morgan fingerprint density at radius 3 is 2.21 bits per heavy atom. The van der Waals surface area contributed by atoms with Crippen LogP contribution in [0.3, 0.4) is 0 Å². The van der Waals surface area contributed by atoms with Gasteiger partial charge in [-0.2, -0.15) is 0 Å². The summed E-state index contributed by atoms with van der Waals surface area (Å²) in [6.45, 7) is 5.44. The first-order chi connectivity index (χ1) is 13.4. The molecule has 0 unspecified atom stereocenters. The Morgan fingerprint density at radius 2 is 1.64 bits per heavy atom. The minimum Gasteiger partial charge on any atom is -0.325 e. The second kappa shape index (κ2) is 8.95. The maximum Gasteiger partial charge on any atom is 0.241 e. The van der Waals surface area contributed by atoms with E-state index in [0.29, 0.717) is 11.3 Å². The molecule has 0 bridgehead atoms. The van der Waals surface area contributed by atoms with Gasteiger partial charge in [-0.05, 0) is 62.0 Å². The van der Waals surface area contributed by atoms with Crippen LogP contribution >= 0.6 is 11.3 Å². The number of aryl methyl sites for hydroxylation is 1. The molecule has 0 saturated heterocycles. The van der Waals surface area contributed by atoms with Crippen molar-refractivity contribution >= 4 is 28.7 Å². The number of anilines is 1. The van der Waals surface area contributed by atoms with Crippen LogP contribution in [0.25, 0.3) is 0 Å². The highest BCUT2D eigenvalue weighted by Gasteiger charge is 2.21. The van der Waals surface area contributed by atoms with Gasteiger partial charge in [0, 0.05) is 16.1 Å². The number of hydrogen-bond acceptors (Lipinski definition) is 4. The Morgan fingerprint density at radius 1 is 0.964 bits per heavy atom. The molecular weight excluding hydrogens is 368 g/mol. The summed E-state index contributed by atoms with van der Waals surface area (Å²) < 4.78 is 0. The lowest BCUT2D eigenvalue weighted by Crippen LogP contribution is -2.40. The van der Waals surface area contributed by atoms with Crippen molar-refractivity contribution < 1.29 is 9.59 Å². The average Bonchev–Trinajstić information content (AvgIpc) is 3.21. The Labute approximate surface area is 169 Å². The van der Waals surface area contributed by atoms with Crippen LogP contribution in [0.5, 0.6) is 0 Å². The van der Waals surface area contributed by atoms with Gasteiger partial charge in [0.15, 0.2) is 5.78 Å². The van der Waals surface area contributed by atoms with E-state index >= 15 is 0 Å². The van der Waals surface area contributed by atoms with Crippen LogP contribution in [0.2, 0.25) is 0 Å². The zero-order chi connectivity index (χ0) is 20.1. The molecule has 1 amide bonds. The molecule has 0 radical (unpaired) electrons. The molecule has 0 aliphatic heterocycles. The summed E-state index contributed by atoms with van der Waals surface area (Å²) in [6, 6.07) is 18.9. The van der Waals surface area contributed by atoms with Gasteiger partial charge in [0.05, 0.1) is 12.1 Å². The van der Waals surface area contributed by atoms with Crippen molar-refractivity contribution in [2.24, 2.45) is 0 Å². The highest BCUT2D eigenvalue weighted by atomic mass is 32.1. The first-order valence-corrected chi connectivity index (χ1v) is 10.1. The summed E-state index contributed by atoms with van der Waals surface area (Å²) in [5.41, 5.74) is 3.62. The number of thiophene rings is 1. The van der Waals surface area contributed by atoms with E-state index < -0.39 is 6.04 Å². The van der Waals surface area contributed by atoms with Crippen LogP contribution < -0.4 is 10.6 Å². The van der Waals surface area contributed by atoms with E-state index in [1.807, 2.05) is 18.4 Å². The number of carbonyl (C=O) groups is 2. The van der Waals surface area contributed by atoms with Gasteiger partial charge in [-0.25, -0.2) is 0 Å². The second-order valence-corrected chi connectivity index (χ2v) is 7.85. The zero-order valence-electron chi connectivity index (χ0n) is 16.2. The van der Waals surface area contributed by atoms with E-state index in [1.54, 1.807) is 35.6 Å². The first-order valence-electron chi connectivity index (χ1n) is 9.22. The Bertz CT molecular complexity index is 932. The van der Waals surface area contributed by atoms with E-state index in [4.69, 9.17) is 0 Å². The monoisotopic (exact) mass is 392 g/mol. The molecule has 0 spiro atoms. The smallest absolute Gasteiger partial charge is 0.241 e. The lowest BCUT2D eigenvalue weighted by Gasteiger charge is -2.23. The average molecular weight is 393 g/mol. The maximum absolute atomic E-state index is 12.7. The van der Waals surface area contributed by atoms with Gasteiger partial charge in [0.25, 0.3) is 0 Å². The number of Topliss-reactive ketones (excluding diaryl/α,β-unsaturated/α-hetero) is 1. The number of amides is 1. The van der Waals surface area contributed by atoms with Gasteiger partial charge < -0.3 is 5.32 Å². The summed E-state index contributed by atoms with van der Waals surface area (Å²) in [6.07, 6.45) is 0. The first kappa shape index (κ1) is 20.0. The molecule has 0 fully saturated rings. The van der Waals surface area contributed by atoms with E-state index in [2.05, 4.69) is 47.9 Å². The van der Waals surface area contributed by atoms with Crippen LogP contribution in [-0.2, 0) is 4.79 Å². The fourth-order valence-electron chi connectivity index (χ4n) is 2.92. The van der Waals surface area contributed by atoms with E-state index in [1.165, 1.54) is 12.5 Å². The fourth-order valence-corrected chi connectivity index (χ4v) is 3.73. The predicted molar refractivity (Wildman–Crippen MR) is 115 cm³/mol. The topological polar surface area (TPSA) is 58.2 Å². The van der Waals surface area contributed by atoms with E-state index in [0.717, 1.165) is 10.4 Å². The highest BCUT2D eigenvalue weighted by molar-refractivity contribution is 7.10. The van der Waals surface area contributed by atoms with Crippen LogP contribution in [-0.4, -0.2) is 17.7 Å². The van der Waals surface area contributed by atoms with E-state index in [9.17, 15) is 9.59 Å². The number of rotatable bonds is 7. The van der Waals surface area contributed by atoms with Crippen molar-refractivity contribution in [3.05, 3.63) is 87.6 Å². The Hall–Kier alpha value is -2.76. The number of carbonyl (C=O) groups excluding carboxylic acids is 2. The van der Waals surface area contributed by atoms with Gasteiger partial charge in [0.2, 0.25) is 5.91 Å². The molecule has 3 rings (SSSR count). The molecule has 2 N–H and O–H groups in total. The normalized spacial score (nSPS) is 13.0. The highest BCUT2D eigenvalue weighted by Crippen LogP contribution is 2.27. The standard InChI is InChI=1S/C23H24N2O2S/c1-15-6-8-19(9-7-15)22(21-5-4-14-28-21)24-16(2)23(27)25-20-12-10-18(11-13-20)17(3)26/h4-14,16,22,24H,1-3H3,(H,25,27)/t16-,22-/m1/s1. The van der Waals surface area contributed by atoms with Gasteiger partial charge in [-0.1, -0.05) is 35.9 Å². The van der Waals surface area contributed by atoms with E-state index in [-0.39, 0.29) is 17.7 Å². The van der Waals surface area contributed by atoms with Gasteiger partial charge in [0.1, 0.15) is 0 Å². The molecule has 28 heavy (non-hydrogen) atoms. The number of benzene rings is 2. The van der Waals surface area contributed by atoms with Crippen LogP contribution in [0.15, 0.2) is 66.0 Å². The molecule has 144 valence electrons. The largest absolute Gasteiger partial charge is 0.325 e. The predicted octanol–water partition coefficient (Wildman–Crippen LogP) is 4.97. The van der Waals surface area contributed by atoms with Crippen molar-refractivity contribution in [3.63, 3.8) is 0 Å². The molecule has 0 aliphatic rings. The molecule has 0 aliphatic carbocycles. The van der Waals surface area contributed by atoms with Gasteiger partial charge in [-0.15, -0.1) is 11.3 Å². The molecule has 4 nitrogen and oxygen atoms in total. The lowest BCUT2D eigenvalue weighted by molar-refractivity contribution is -0.117. The minimum atomic E-state index is -0.402. The van der Waals surface area contributed by atoms with Gasteiger partial charge in [-0.3, -0.25) is 14.9 Å². The van der Waals surface area contributed by atoms with Crippen molar-refractivity contribution in [1.82, 2.24) is 5.32 Å². The van der Waals surface area contributed by atoms with Crippen LogP contribution in [0.1, 0.15) is 46.3 Å². The van der Waals surface area contributed by atoms with Gasteiger partial charge >= 0.3 is 0 Å². The molecule has 3 aromatic rings. The number of nitrogens with one attached hydrogen (secondary N) is 2. The quantitative estimate of drug-likeness (QED) is 0.559. The molecular formula is C23H24N2O2S. The molecule has 2 aromatic carbocycles. The van der Waals surface area contributed by atoms with Crippen LogP contribution in [0, 0.1) is 6.92 Å². The molecule has 2 atom stereocenters. The molecule has 5 heteroatoms.